The molecule has 1 rings (SSSR count). The SMILES string of the molecule is CN(C)Cc1[c]cccc1.[Pd].[Pd]. The Balaban J connectivity index is 0. The van der Waals surface area contributed by atoms with Crippen molar-refractivity contribution in [2.75, 3.05) is 14.1 Å². The van der Waals surface area contributed by atoms with Crippen LogP contribution in [0.1, 0.15) is 5.56 Å². The molecular weight excluding hydrogens is 335 g/mol. The van der Waals surface area contributed by atoms with Crippen molar-refractivity contribution in [1.82, 2.24) is 4.90 Å². The summed E-state index contributed by atoms with van der Waals surface area (Å²) in [4.78, 5) is 2.13. The Kier molecular flexibility index (Phi) is 10.1. The summed E-state index contributed by atoms with van der Waals surface area (Å²) in [6.45, 7) is 0.973. The number of nitrogens with zero attached hydrogens (tertiary/aromatic N) is 1. The van der Waals surface area contributed by atoms with E-state index < -0.39 is 0 Å². The second kappa shape index (κ2) is 8.12. The first kappa shape index (κ1) is 15.0. The molecular formula is C9H12NPd2. The number of hydrogen-bond acceptors (Lipinski definition) is 1. The van der Waals surface area contributed by atoms with Gasteiger partial charge in [0, 0.05) is 47.4 Å². The predicted octanol–water partition coefficient (Wildman–Crippen LogP) is 1.54. The van der Waals surface area contributed by atoms with E-state index in [4.69, 9.17) is 0 Å². The molecule has 1 radical (unpaired) electrons. The van der Waals surface area contributed by atoms with Crippen molar-refractivity contribution in [2.45, 2.75) is 6.54 Å². The van der Waals surface area contributed by atoms with Crippen LogP contribution in [-0.4, -0.2) is 19.0 Å². The quantitative estimate of drug-likeness (QED) is 0.734. The van der Waals surface area contributed by atoms with Gasteiger partial charge in [-0.15, -0.1) is 0 Å². The van der Waals surface area contributed by atoms with E-state index >= 15 is 0 Å². The van der Waals surface area contributed by atoms with Crippen LogP contribution in [0.3, 0.4) is 0 Å². The maximum Gasteiger partial charge on any atom is 0.0233 e. The fourth-order valence-electron chi connectivity index (χ4n) is 0.870. The maximum atomic E-state index is 3.16. The summed E-state index contributed by atoms with van der Waals surface area (Å²) < 4.78 is 0. The first-order valence-electron chi connectivity index (χ1n) is 3.39. The molecule has 1 aromatic rings. The molecule has 0 aliphatic heterocycles. The smallest absolute Gasteiger partial charge is 0.0233 e. The van der Waals surface area contributed by atoms with E-state index in [1.165, 1.54) is 5.56 Å². The van der Waals surface area contributed by atoms with Crippen molar-refractivity contribution >= 4 is 0 Å². The van der Waals surface area contributed by atoms with E-state index in [1.807, 2.05) is 18.2 Å². The Morgan fingerprint density at radius 2 is 1.92 bits per heavy atom. The molecule has 1 aromatic carbocycles. The van der Waals surface area contributed by atoms with Crippen LogP contribution < -0.4 is 0 Å². The van der Waals surface area contributed by atoms with Gasteiger partial charge in [-0.25, -0.2) is 0 Å². The fraction of sp³-hybridized carbons (Fsp3) is 0.333. The summed E-state index contributed by atoms with van der Waals surface area (Å²) >= 11 is 0. The zero-order chi connectivity index (χ0) is 7.40. The van der Waals surface area contributed by atoms with Crippen molar-refractivity contribution in [3.8, 4) is 0 Å². The average Bonchev–Trinajstić information content (AvgIpc) is 1.88. The summed E-state index contributed by atoms with van der Waals surface area (Å²) in [6, 6.07) is 11.2. The van der Waals surface area contributed by atoms with E-state index in [0.29, 0.717) is 0 Å². The van der Waals surface area contributed by atoms with E-state index in [2.05, 4.69) is 31.1 Å². The minimum atomic E-state index is 0. The van der Waals surface area contributed by atoms with Crippen LogP contribution in [0.25, 0.3) is 0 Å². The Morgan fingerprint density at radius 1 is 1.25 bits per heavy atom. The van der Waals surface area contributed by atoms with Gasteiger partial charge in [0.15, 0.2) is 0 Å². The van der Waals surface area contributed by atoms with Crippen LogP contribution in [0.4, 0.5) is 0 Å². The number of hydrogen-bond donors (Lipinski definition) is 0. The molecule has 0 aliphatic rings. The summed E-state index contributed by atoms with van der Waals surface area (Å²) in [7, 11) is 4.11. The van der Waals surface area contributed by atoms with Gasteiger partial charge in [0.2, 0.25) is 0 Å². The molecule has 0 saturated carbocycles. The molecule has 0 bridgehead atoms. The van der Waals surface area contributed by atoms with Gasteiger partial charge in [-0.1, -0.05) is 24.3 Å². The minimum absolute atomic E-state index is 0. The second-order valence-corrected chi connectivity index (χ2v) is 2.63. The normalized spacial score (nSPS) is 8.58. The van der Waals surface area contributed by atoms with E-state index in [0.717, 1.165) is 6.54 Å². The zero-order valence-corrected chi connectivity index (χ0v) is 10.2. The monoisotopic (exact) mass is 346 g/mol. The first-order valence-corrected chi connectivity index (χ1v) is 3.39. The molecule has 0 unspecified atom stereocenters. The van der Waals surface area contributed by atoms with Crippen molar-refractivity contribution in [3.63, 3.8) is 0 Å². The molecule has 73 valence electrons. The topological polar surface area (TPSA) is 3.24 Å². The molecule has 3 heteroatoms. The summed E-state index contributed by atoms with van der Waals surface area (Å²) in [6.07, 6.45) is 0. The van der Waals surface area contributed by atoms with Gasteiger partial charge in [0.1, 0.15) is 0 Å². The molecule has 0 amide bonds. The van der Waals surface area contributed by atoms with Crippen LogP contribution in [0.2, 0.25) is 0 Å². The third-order valence-electron chi connectivity index (χ3n) is 1.26. The standard InChI is InChI=1S/C9H12N.2Pd/c1-10(2)8-9-6-4-3-5-7-9;;/h3-6H,8H2,1-2H3;;. The molecule has 0 fully saturated rings. The Hall–Kier alpha value is 0.505. The van der Waals surface area contributed by atoms with Gasteiger partial charge in [-0.2, -0.15) is 0 Å². The van der Waals surface area contributed by atoms with E-state index in [9.17, 15) is 0 Å². The summed E-state index contributed by atoms with van der Waals surface area (Å²) in [5.74, 6) is 0. The Bertz CT molecular complexity index is 187. The predicted molar refractivity (Wildman–Crippen MR) is 42.7 cm³/mol. The van der Waals surface area contributed by atoms with Crippen molar-refractivity contribution in [2.24, 2.45) is 0 Å². The molecule has 0 heterocycles. The summed E-state index contributed by atoms with van der Waals surface area (Å²) in [5, 5.41) is 0. The fourth-order valence-corrected chi connectivity index (χ4v) is 0.870. The minimum Gasteiger partial charge on any atom is -0.305 e. The van der Waals surface area contributed by atoms with Gasteiger partial charge in [0.05, 0.1) is 0 Å². The van der Waals surface area contributed by atoms with E-state index in [1.54, 1.807) is 0 Å². The molecule has 1 nitrogen and oxygen atoms in total. The molecule has 0 atom stereocenters. The largest absolute Gasteiger partial charge is 0.305 e. The van der Waals surface area contributed by atoms with Gasteiger partial charge >= 0.3 is 0 Å². The Morgan fingerprint density at radius 3 is 2.33 bits per heavy atom. The molecule has 0 spiro atoms. The van der Waals surface area contributed by atoms with Gasteiger partial charge < -0.3 is 4.90 Å². The number of benzene rings is 1. The van der Waals surface area contributed by atoms with Gasteiger partial charge in [0.25, 0.3) is 0 Å². The Labute approximate surface area is 102 Å². The van der Waals surface area contributed by atoms with Gasteiger partial charge in [-0.3, -0.25) is 0 Å². The summed E-state index contributed by atoms with van der Waals surface area (Å²) in [5.41, 5.74) is 1.24. The van der Waals surface area contributed by atoms with Crippen LogP contribution in [-0.2, 0) is 47.4 Å². The van der Waals surface area contributed by atoms with E-state index in [-0.39, 0.29) is 40.8 Å². The van der Waals surface area contributed by atoms with Crippen molar-refractivity contribution in [3.05, 3.63) is 35.9 Å². The molecule has 12 heavy (non-hydrogen) atoms. The molecule has 0 aromatic heterocycles. The van der Waals surface area contributed by atoms with Gasteiger partial charge in [-0.05, 0) is 25.7 Å². The molecule has 0 saturated heterocycles. The van der Waals surface area contributed by atoms with Crippen LogP contribution in [0.15, 0.2) is 24.3 Å². The second-order valence-electron chi connectivity index (χ2n) is 2.63. The molecule has 0 aliphatic carbocycles. The molecule has 0 N–H and O–H groups in total. The average molecular weight is 347 g/mol. The van der Waals surface area contributed by atoms with Crippen LogP contribution in [0, 0.1) is 6.07 Å². The van der Waals surface area contributed by atoms with Crippen LogP contribution in [0.5, 0.6) is 0 Å². The maximum absolute atomic E-state index is 3.16. The number of rotatable bonds is 2. The van der Waals surface area contributed by atoms with Crippen molar-refractivity contribution < 1.29 is 40.8 Å². The van der Waals surface area contributed by atoms with Crippen LogP contribution >= 0.6 is 0 Å². The third kappa shape index (κ3) is 6.07. The zero-order valence-electron chi connectivity index (χ0n) is 7.10. The van der Waals surface area contributed by atoms with Crippen molar-refractivity contribution in [1.29, 1.82) is 0 Å². The first-order chi connectivity index (χ1) is 4.79. The third-order valence-corrected chi connectivity index (χ3v) is 1.26.